The molecule has 7 heteroatoms. The Morgan fingerprint density at radius 1 is 1.21 bits per heavy atom. The third kappa shape index (κ3) is 3.75. The monoisotopic (exact) mass is 399 g/mol. The first-order valence-electron chi connectivity index (χ1n) is 10.4. The van der Waals surface area contributed by atoms with Crippen molar-refractivity contribution < 1.29 is 19.5 Å². The lowest BCUT2D eigenvalue weighted by Gasteiger charge is -2.39. The number of likely N-dealkylation sites (tertiary alicyclic amines) is 1. The van der Waals surface area contributed by atoms with Crippen LogP contribution in [-0.2, 0) is 14.4 Å². The van der Waals surface area contributed by atoms with Crippen molar-refractivity contribution >= 4 is 17.8 Å². The van der Waals surface area contributed by atoms with Gasteiger partial charge in [-0.05, 0) is 49.5 Å². The molecule has 0 radical (unpaired) electrons. The summed E-state index contributed by atoms with van der Waals surface area (Å²) in [6, 6.07) is 7.76. The van der Waals surface area contributed by atoms with E-state index in [1.165, 1.54) is 11.1 Å². The van der Waals surface area contributed by atoms with E-state index in [-0.39, 0.29) is 23.1 Å². The molecule has 3 aliphatic rings. The molecule has 0 bridgehead atoms. The summed E-state index contributed by atoms with van der Waals surface area (Å²) in [7, 11) is 0. The molecule has 7 nitrogen and oxygen atoms in total. The van der Waals surface area contributed by atoms with E-state index in [0.29, 0.717) is 38.4 Å². The highest BCUT2D eigenvalue weighted by atomic mass is 16.4. The lowest BCUT2D eigenvalue weighted by atomic mass is 9.80. The fourth-order valence-electron chi connectivity index (χ4n) is 5.30. The number of piperidine rings is 2. The van der Waals surface area contributed by atoms with E-state index in [2.05, 4.69) is 36.5 Å². The fourth-order valence-corrected chi connectivity index (χ4v) is 5.30. The Morgan fingerprint density at radius 3 is 2.52 bits per heavy atom. The number of carbonyl (C=O) groups excluding carboxylic acids is 2. The molecular formula is C22H29N3O4. The molecule has 2 heterocycles. The Labute approximate surface area is 170 Å². The lowest BCUT2D eigenvalue weighted by molar-refractivity contribution is -0.151. The molecule has 4 unspecified atom stereocenters. The predicted molar refractivity (Wildman–Crippen MR) is 107 cm³/mol. The second-order valence-corrected chi connectivity index (χ2v) is 9.04. The Bertz CT molecular complexity index is 833. The SMILES string of the molecule is Cc1cccc(C2CCN(C(=O)C3NCC4(CC3C(=O)O)CC4C(N)=O)CC2)c1. The number of nitrogens with one attached hydrogen (secondary N) is 1. The number of aliphatic carboxylic acids is 1. The van der Waals surface area contributed by atoms with Gasteiger partial charge in [0, 0.05) is 25.6 Å². The number of aryl methyl sites for hydroxylation is 1. The van der Waals surface area contributed by atoms with Gasteiger partial charge < -0.3 is 21.1 Å². The van der Waals surface area contributed by atoms with Crippen LogP contribution >= 0.6 is 0 Å². The Kier molecular flexibility index (Phi) is 5.11. The van der Waals surface area contributed by atoms with Crippen molar-refractivity contribution in [1.82, 2.24) is 10.2 Å². The van der Waals surface area contributed by atoms with E-state index in [9.17, 15) is 19.5 Å². The van der Waals surface area contributed by atoms with E-state index in [1.807, 2.05) is 0 Å². The molecule has 1 saturated carbocycles. The summed E-state index contributed by atoms with van der Waals surface area (Å²) >= 11 is 0. The molecule has 29 heavy (non-hydrogen) atoms. The fraction of sp³-hybridized carbons (Fsp3) is 0.591. The number of benzene rings is 1. The van der Waals surface area contributed by atoms with Crippen molar-refractivity contribution in [2.45, 2.75) is 44.6 Å². The van der Waals surface area contributed by atoms with Crippen LogP contribution in [0.1, 0.15) is 42.7 Å². The van der Waals surface area contributed by atoms with E-state index >= 15 is 0 Å². The third-order valence-electron chi connectivity index (χ3n) is 7.14. The number of carboxylic acids is 1. The first-order chi connectivity index (χ1) is 13.8. The Hall–Kier alpha value is -2.41. The van der Waals surface area contributed by atoms with Gasteiger partial charge in [-0.2, -0.15) is 0 Å². The molecule has 3 fully saturated rings. The number of carboxylic acid groups (broad SMARTS) is 1. The minimum atomic E-state index is -0.986. The normalized spacial score (nSPS) is 32.2. The summed E-state index contributed by atoms with van der Waals surface area (Å²) in [5, 5.41) is 12.9. The summed E-state index contributed by atoms with van der Waals surface area (Å²) in [5.74, 6) is -2.17. The van der Waals surface area contributed by atoms with Crippen molar-refractivity contribution in [3.05, 3.63) is 35.4 Å². The topological polar surface area (TPSA) is 113 Å². The average Bonchev–Trinajstić information content (AvgIpc) is 3.41. The molecule has 156 valence electrons. The van der Waals surface area contributed by atoms with Crippen molar-refractivity contribution in [3.8, 4) is 0 Å². The molecule has 2 aliphatic heterocycles. The molecule has 1 aromatic carbocycles. The van der Waals surface area contributed by atoms with Crippen LogP contribution in [0.5, 0.6) is 0 Å². The van der Waals surface area contributed by atoms with Gasteiger partial charge >= 0.3 is 5.97 Å². The summed E-state index contributed by atoms with van der Waals surface area (Å²) in [6.07, 6.45) is 2.71. The summed E-state index contributed by atoms with van der Waals surface area (Å²) in [4.78, 5) is 38.3. The highest BCUT2D eigenvalue weighted by Crippen LogP contribution is 2.58. The first kappa shape index (κ1) is 19.9. The van der Waals surface area contributed by atoms with Crippen LogP contribution in [0.3, 0.4) is 0 Å². The molecule has 4 atom stereocenters. The van der Waals surface area contributed by atoms with Gasteiger partial charge in [0.1, 0.15) is 6.04 Å². The van der Waals surface area contributed by atoms with Gasteiger partial charge in [-0.25, -0.2) is 0 Å². The highest BCUT2D eigenvalue weighted by molar-refractivity contribution is 5.89. The molecule has 2 amide bonds. The number of nitrogens with two attached hydrogens (primary N) is 1. The molecule has 1 aliphatic carbocycles. The number of hydrogen-bond acceptors (Lipinski definition) is 4. The van der Waals surface area contributed by atoms with Gasteiger partial charge in [0.15, 0.2) is 0 Å². The van der Waals surface area contributed by atoms with E-state index in [1.54, 1.807) is 4.90 Å². The van der Waals surface area contributed by atoms with Crippen LogP contribution in [0.2, 0.25) is 0 Å². The maximum atomic E-state index is 13.1. The quantitative estimate of drug-likeness (QED) is 0.705. The van der Waals surface area contributed by atoms with Crippen LogP contribution in [0.4, 0.5) is 0 Å². The summed E-state index contributed by atoms with van der Waals surface area (Å²) < 4.78 is 0. The zero-order valence-electron chi connectivity index (χ0n) is 16.8. The lowest BCUT2D eigenvalue weighted by Crippen LogP contribution is -2.58. The smallest absolute Gasteiger partial charge is 0.308 e. The maximum absolute atomic E-state index is 13.1. The van der Waals surface area contributed by atoms with Crippen LogP contribution in [-0.4, -0.2) is 53.5 Å². The zero-order chi connectivity index (χ0) is 20.8. The first-order valence-corrected chi connectivity index (χ1v) is 10.4. The van der Waals surface area contributed by atoms with Crippen molar-refractivity contribution in [3.63, 3.8) is 0 Å². The molecule has 2 saturated heterocycles. The van der Waals surface area contributed by atoms with Gasteiger partial charge in [-0.3, -0.25) is 14.4 Å². The molecule has 4 rings (SSSR count). The Morgan fingerprint density at radius 2 is 1.93 bits per heavy atom. The standard InChI is InChI=1S/C22H29N3O4/c1-13-3-2-4-15(9-13)14-5-7-25(8-6-14)20(27)18-16(21(28)29)10-22(12-24-18)11-17(22)19(23)26/h2-4,9,14,16-18,24H,5-8,10-12H2,1H3,(H2,23,26)(H,28,29). The number of nitrogens with zero attached hydrogens (tertiary/aromatic N) is 1. The van der Waals surface area contributed by atoms with E-state index in [0.717, 1.165) is 12.8 Å². The number of hydrogen-bond donors (Lipinski definition) is 3. The zero-order valence-corrected chi connectivity index (χ0v) is 16.8. The number of rotatable bonds is 4. The van der Waals surface area contributed by atoms with Gasteiger partial charge in [0.25, 0.3) is 0 Å². The summed E-state index contributed by atoms with van der Waals surface area (Å²) in [6.45, 7) is 3.83. The van der Waals surface area contributed by atoms with Gasteiger partial charge in [0.05, 0.1) is 5.92 Å². The maximum Gasteiger partial charge on any atom is 0.308 e. The van der Waals surface area contributed by atoms with E-state index in [4.69, 9.17) is 5.73 Å². The largest absolute Gasteiger partial charge is 0.481 e. The third-order valence-corrected chi connectivity index (χ3v) is 7.14. The minimum Gasteiger partial charge on any atom is -0.481 e. The molecule has 1 spiro atoms. The van der Waals surface area contributed by atoms with Gasteiger partial charge in [0.2, 0.25) is 11.8 Å². The van der Waals surface area contributed by atoms with Gasteiger partial charge in [-0.1, -0.05) is 29.8 Å². The van der Waals surface area contributed by atoms with Crippen LogP contribution in [0.15, 0.2) is 24.3 Å². The Balaban J connectivity index is 1.39. The second kappa shape index (κ2) is 7.44. The molecular weight excluding hydrogens is 370 g/mol. The van der Waals surface area contributed by atoms with Crippen molar-refractivity contribution in [2.75, 3.05) is 19.6 Å². The van der Waals surface area contributed by atoms with Crippen LogP contribution in [0.25, 0.3) is 0 Å². The molecule has 1 aromatic rings. The van der Waals surface area contributed by atoms with Crippen LogP contribution < -0.4 is 11.1 Å². The van der Waals surface area contributed by atoms with Crippen molar-refractivity contribution in [2.24, 2.45) is 23.0 Å². The van der Waals surface area contributed by atoms with Gasteiger partial charge in [-0.15, -0.1) is 0 Å². The number of carbonyl (C=O) groups is 3. The minimum absolute atomic E-state index is 0.133. The van der Waals surface area contributed by atoms with Crippen LogP contribution in [0, 0.1) is 24.2 Å². The summed E-state index contributed by atoms with van der Waals surface area (Å²) in [5.41, 5.74) is 7.58. The predicted octanol–water partition coefficient (Wildman–Crippen LogP) is 1.26. The highest BCUT2D eigenvalue weighted by Gasteiger charge is 2.62. The van der Waals surface area contributed by atoms with E-state index < -0.39 is 17.9 Å². The molecule has 4 N–H and O–H groups in total. The van der Waals surface area contributed by atoms with Crippen molar-refractivity contribution in [1.29, 1.82) is 0 Å². The number of primary amides is 1. The average molecular weight is 399 g/mol. The number of amides is 2. The molecule has 0 aromatic heterocycles. The second-order valence-electron chi connectivity index (χ2n) is 9.04.